The van der Waals surface area contributed by atoms with E-state index in [1.165, 1.54) is 12.1 Å². The lowest BCUT2D eigenvalue weighted by Gasteiger charge is -2.40. The van der Waals surface area contributed by atoms with Crippen molar-refractivity contribution in [2.75, 3.05) is 28.2 Å². The van der Waals surface area contributed by atoms with E-state index in [0.29, 0.717) is 6.04 Å². The highest BCUT2D eigenvalue weighted by atomic mass is 16.2. The van der Waals surface area contributed by atoms with E-state index >= 15 is 0 Å². The minimum Gasteiger partial charge on any atom is -0.365 e. The summed E-state index contributed by atoms with van der Waals surface area (Å²) in [7, 11) is 0. The van der Waals surface area contributed by atoms with E-state index in [-0.39, 0.29) is 6.03 Å². The average molecular weight is 307 g/mol. The van der Waals surface area contributed by atoms with E-state index in [4.69, 9.17) is 0 Å². The van der Waals surface area contributed by atoms with Crippen LogP contribution in [0, 0.1) is 6.92 Å². The third-order valence-electron chi connectivity index (χ3n) is 4.88. The van der Waals surface area contributed by atoms with Gasteiger partial charge < -0.3 is 10.2 Å². The van der Waals surface area contributed by atoms with Gasteiger partial charge in [-0.1, -0.05) is 30.3 Å². The number of amides is 2. The third kappa shape index (κ3) is 2.44. The van der Waals surface area contributed by atoms with Crippen LogP contribution >= 0.6 is 0 Å². The van der Waals surface area contributed by atoms with Crippen molar-refractivity contribution in [2.24, 2.45) is 0 Å². The maximum atomic E-state index is 12.9. The fourth-order valence-corrected chi connectivity index (χ4v) is 3.68. The van der Waals surface area contributed by atoms with Gasteiger partial charge in [0.25, 0.3) is 0 Å². The highest BCUT2D eigenvalue weighted by molar-refractivity contribution is 6.05. The molecule has 4 heteroatoms. The van der Waals surface area contributed by atoms with Gasteiger partial charge in [-0.2, -0.15) is 0 Å². The van der Waals surface area contributed by atoms with Crippen LogP contribution in [0.15, 0.2) is 48.5 Å². The summed E-state index contributed by atoms with van der Waals surface area (Å²) < 4.78 is 0. The van der Waals surface area contributed by atoms with Crippen LogP contribution < -0.4 is 15.1 Å². The normalized spacial score (nSPS) is 19.3. The number of benzene rings is 2. The molecule has 23 heavy (non-hydrogen) atoms. The molecule has 2 aliphatic rings. The molecule has 4 nitrogen and oxygen atoms in total. The van der Waals surface area contributed by atoms with Crippen LogP contribution in [0.1, 0.15) is 18.4 Å². The van der Waals surface area contributed by atoms with Gasteiger partial charge in [0.05, 0.1) is 11.4 Å². The van der Waals surface area contributed by atoms with Crippen molar-refractivity contribution in [3.63, 3.8) is 0 Å². The molecule has 0 bridgehead atoms. The van der Waals surface area contributed by atoms with Crippen LogP contribution in [-0.4, -0.2) is 25.2 Å². The van der Waals surface area contributed by atoms with Crippen molar-refractivity contribution in [2.45, 2.75) is 25.8 Å². The Bertz CT molecular complexity index is 743. The molecular weight excluding hydrogens is 286 g/mol. The Hall–Kier alpha value is -2.49. The first kappa shape index (κ1) is 14.1. The number of hydrogen-bond acceptors (Lipinski definition) is 2. The van der Waals surface area contributed by atoms with Gasteiger partial charge in [0, 0.05) is 24.8 Å². The summed E-state index contributed by atoms with van der Waals surface area (Å²) in [6.45, 7) is 3.86. The second-order valence-corrected chi connectivity index (χ2v) is 6.33. The Kier molecular flexibility index (Phi) is 3.45. The number of fused-ring (bicyclic) bond motifs is 3. The lowest BCUT2D eigenvalue weighted by atomic mass is 10.1. The SMILES string of the molecule is Cc1ccccc1NC(=O)N1C[C@H]2CCCN2c2ccccc21. The lowest BCUT2D eigenvalue weighted by Crippen LogP contribution is -2.49. The number of rotatable bonds is 1. The molecule has 118 valence electrons. The molecule has 1 saturated heterocycles. The van der Waals surface area contributed by atoms with Gasteiger partial charge in [-0.3, -0.25) is 4.90 Å². The van der Waals surface area contributed by atoms with Gasteiger partial charge in [-0.25, -0.2) is 4.79 Å². The molecule has 1 fully saturated rings. The Morgan fingerprint density at radius 2 is 1.83 bits per heavy atom. The van der Waals surface area contributed by atoms with Gasteiger partial charge in [-0.05, 0) is 43.5 Å². The van der Waals surface area contributed by atoms with Gasteiger partial charge in [0.2, 0.25) is 0 Å². The molecule has 2 aliphatic heterocycles. The zero-order valence-electron chi connectivity index (χ0n) is 13.3. The second kappa shape index (κ2) is 5.61. The van der Waals surface area contributed by atoms with Crippen LogP contribution in [0.5, 0.6) is 0 Å². The van der Waals surface area contributed by atoms with Gasteiger partial charge in [0.1, 0.15) is 0 Å². The van der Waals surface area contributed by atoms with Crippen molar-refractivity contribution < 1.29 is 4.79 Å². The zero-order chi connectivity index (χ0) is 15.8. The van der Waals surface area contributed by atoms with Crippen LogP contribution in [0.25, 0.3) is 0 Å². The average Bonchev–Trinajstić information content (AvgIpc) is 3.05. The lowest BCUT2D eigenvalue weighted by molar-refractivity contribution is 0.256. The molecule has 2 amide bonds. The van der Waals surface area contributed by atoms with E-state index in [0.717, 1.165) is 36.4 Å². The van der Waals surface area contributed by atoms with Crippen molar-refractivity contribution in [3.05, 3.63) is 54.1 Å². The van der Waals surface area contributed by atoms with Crippen molar-refractivity contribution in [1.82, 2.24) is 0 Å². The predicted molar refractivity (Wildman–Crippen MR) is 94.4 cm³/mol. The Labute approximate surface area is 136 Å². The fraction of sp³-hybridized carbons (Fsp3) is 0.316. The quantitative estimate of drug-likeness (QED) is 0.864. The predicted octanol–water partition coefficient (Wildman–Crippen LogP) is 4.02. The van der Waals surface area contributed by atoms with Gasteiger partial charge in [-0.15, -0.1) is 0 Å². The number of anilines is 3. The number of urea groups is 1. The molecule has 1 atom stereocenters. The Morgan fingerprint density at radius 1 is 1.09 bits per heavy atom. The van der Waals surface area contributed by atoms with Crippen LogP contribution in [-0.2, 0) is 0 Å². The molecule has 0 spiro atoms. The molecule has 1 N–H and O–H groups in total. The minimum atomic E-state index is -0.0432. The zero-order valence-corrected chi connectivity index (χ0v) is 13.3. The second-order valence-electron chi connectivity index (χ2n) is 6.33. The highest BCUT2D eigenvalue weighted by Crippen LogP contribution is 2.39. The summed E-state index contributed by atoms with van der Waals surface area (Å²) in [4.78, 5) is 17.2. The van der Waals surface area contributed by atoms with E-state index in [1.54, 1.807) is 0 Å². The van der Waals surface area contributed by atoms with Crippen LogP contribution in [0.2, 0.25) is 0 Å². The van der Waals surface area contributed by atoms with E-state index in [2.05, 4.69) is 22.3 Å². The molecule has 0 aliphatic carbocycles. The van der Waals surface area contributed by atoms with E-state index < -0.39 is 0 Å². The molecule has 4 rings (SSSR count). The molecule has 2 aromatic rings. The number of para-hydroxylation sites is 3. The summed E-state index contributed by atoms with van der Waals surface area (Å²) in [6.07, 6.45) is 2.36. The summed E-state index contributed by atoms with van der Waals surface area (Å²) in [5.74, 6) is 0. The van der Waals surface area contributed by atoms with Crippen LogP contribution in [0.3, 0.4) is 0 Å². The monoisotopic (exact) mass is 307 g/mol. The van der Waals surface area contributed by atoms with Gasteiger partial charge in [0.15, 0.2) is 0 Å². The van der Waals surface area contributed by atoms with Crippen molar-refractivity contribution >= 4 is 23.1 Å². The van der Waals surface area contributed by atoms with Crippen molar-refractivity contribution in [3.8, 4) is 0 Å². The molecule has 2 aromatic carbocycles. The van der Waals surface area contributed by atoms with Crippen molar-refractivity contribution in [1.29, 1.82) is 0 Å². The minimum absolute atomic E-state index is 0.0432. The summed E-state index contributed by atoms with van der Waals surface area (Å²) >= 11 is 0. The number of nitrogens with zero attached hydrogens (tertiary/aromatic N) is 2. The summed E-state index contributed by atoms with van der Waals surface area (Å²) in [5, 5.41) is 3.07. The first-order valence-corrected chi connectivity index (χ1v) is 8.24. The fourth-order valence-electron chi connectivity index (χ4n) is 3.68. The molecule has 0 saturated carbocycles. The summed E-state index contributed by atoms with van der Waals surface area (Å²) in [6, 6.07) is 16.5. The third-order valence-corrected chi connectivity index (χ3v) is 4.88. The van der Waals surface area contributed by atoms with E-state index in [9.17, 15) is 4.79 Å². The number of hydrogen-bond donors (Lipinski definition) is 1. The van der Waals surface area contributed by atoms with E-state index in [1.807, 2.05) is 48.2 Å². The first-order chi connectivity index (χ1) is 11.2. The smallest absolute Gasteiger partial charge is 0.326 e. The molecule has 0 radical (unpaired) electrons. The Morgan fingerprint density at radius 3 is 2.65 bits per heavy atom. The number of carbonyl (C=O) groups excluding carboxylic acids is 1. The molecular formula is C19H21N3O. The van der Waals surface area contributed by atoms with Gasteiger partial charge >= 0.3 is 6.03 Å². The maximum absolute atomic E-state index is 12.9. The molecule has 2 heterocycles. The standard InChI is InChI=1S/C19H21N3O/c1-14-7-2-3-9-16(14)20-19(23)22-13-15-8-6-12-21(15)17-10-4-5-11-18(17)22/h2-5,7,9-11,15H,6,8,12-13H2,1H3,(H,20,23)/t15-/m1/s1. The molecule has 0 unspecified atom stereocenters. The summed E-state index contributed by atoms with van der Waals surface area (Å²) in [5.41, 5.74) is 4.15. The topological polar surface area (TPSA) is 35.6 Å². The van der Waals surface area contributed by atoms with Crippen LogP contribution in [0.4, 0.5) is 21.9 Å². The first-order valence-electron chi connectivity index (χ1n) is 8.24. The number of nitrogens with one attached hydrogen (secondary N) is 1. The Balaban J connectivity index is 1.65. The highest BCUT2D eigenvalue weighted by Gasteiger charge is 2.36. The number of carbonyl (C=O) groups is 1. The maximum Gasteiger partial charge on any atom is 0.326 e. The number of aryl methyl sites for hydroxylation is 1. The largest absolute Gasteiger partial charge is 0.365 e. The molecule has 0 aromatic heterocycles.